The molecule has 0 spiro atoms. The summed E-state index contributed by atoms with van der Waals surface area (Å²) in [6, 6.07) is 12.4. The van der Waals surface area contributed by atoms with E-state index in [4.69, 9.17) is 28.6 Å². The number of thiocarbonyl (C=S) groups is 1. The van der Waals surface area contributed by atoms with Crippen LogP contribution in [0, 0.1) is 0 Å². The van der Waals surface area contributed by atoms with Crippen LogP contribution in [0.4, 0.5) is 17.1 Å². The van der Waals surface area contributed by atoms with Crippen molar-refractivity contribution in [2.75, 3.05) is 23.1 Å². The van der Waals surface area contributed by atoms with E-state index in [1.54, 1.807) is 37.4 Å². The minimum atomic E-state index is -0.115. The molecule has 0 aliphatic carbocycles. The van der Waals surface area contributed by atoms with E-state index in [1.807, 2.05) is 12.1 Å². The molecule has 5 nitrogen and oxygen atoms in total. The number of benzene rings is 2. The smallest absolute Gasteiger partial charge is 0.221 e. The number of nitrogens with one attached hydrogen (secondary N) is 3. The number of hydrogen-bond donors (Lipinski definition) is 3. The van der Waals surface area contributed by atoms with Crippen molar-refractivity contribution in [1.82, 2.24) is 0 Å². The number of carbonyl (C=O) groups excluding carboxylic acids is 1. The van der Waals surface area contributed by atoms with Crippen LogP contribution in [-0.2, 0) is 4.79 Å². The first-order valence-corrected chi connectivity index (χ1v) is 7.56. The Morgan fingerprint density at radius 3 is 2.22 bits per heavy atom. The first-order valence-electron chi connectivity index (χ1n) is 6.77. The van der Waals surface area contributed by atoms with E-state index in [9.17, 15) is 4.79 Å². The third kappa shape index (κ3) is 5.12. The van der Waals surface area contributed by atoms with Crippen molar-refractivity contribution in [3.05, 3.63) is 47.5 Å². The number of ether oxygens (including phenoxy) is 1. The van der Waals surface area contributed by atoms with Crippen molar-refractivity contribution in [3.63, 3.8) is 0 Å². The third-order valence-corrected chi connectivity index (χ3v) is 3.31. The molecule has 0 radical (unpaired) electrons. The van der Waals surface area contributed by atoms with Crippen LogP contribution < -0.4 is 20.7 Å². The molecule has 23 heavy (non-hydrogen) atoms. The Kier molecular flexibility index (Phi) is 5.78. The highest BCUT2D eigenvalue weighted by Gasteiger charge is 2.06. The van der Waals surface area contributed by atoms with Gasteiger partial charge in [0.05, 0.1) is 12.8 Å². The number of rotatable bonds is 4. The molecule has 0 saturated carbocycles. The molecule has 0 aliphatic heterocycles. The third-order valence-electron chi connectivity index (χ3n) is 2.87. The van der Waals surface area contributed by atoms with Crippen LogP contribution in [0.5, 0.6) is 5.75 Å². The minimum absolute atomic E-state index is 0.115. The molecule has 0 heterocycles. The van der Waals surface area contributed by atoms with E-state index in [1.165, 1.54) is 6.92 Å². The Morgan fingerprint density at radius 1 is 1.04 bits per heavy atom. The van der Waals surface area contributed by atoms with Crippen molar-refractivity contribution in [1.29, 1.82) is 0 Å². The molecule has 0 fully saturated rings. The average molecular weight is 350 g/mol. The van der Waals surface area contributed by atoms with Gasteiger partial charge in [0.25, 0.3) is 0 Å². The van der Waals surface area contributed by atoms with Crippen molar-refractivity contribution in [3.8, 4) is 5.75 Å². The van der Waals surface area contributed by atoms with Crippen molar-refractivity contribution in [2.24, 2.45) is 0 Å². The van der Waals surface area contributed by atoms with E-state index < -0.39 is 0 Å². The molecule has 120 valence electrons. The van der Waals surface area contributed by atoms with Crippen LogP contribution >= 0.6 is 23.8 Å². The fourth-order valence-corrected chi connectivity index (χ4v) is 2.30. The molecule has 0 aromatic heterocycles. The Balaban J connectivity index is 2.02. The summed E-state index contributed by atoms with van der Waals surface area (Å²) in [6.07, 6.45) is 0. The highest BCUT2D eigenvalue weighted by molar-refractivity contribution is 7.80. The van der Waals surface area contributed by atoms with Gasteiger partial charge in [-0.1, -0.05) is 11.6 Å². The molecule has 0 bridgehead atoms. The number of carbonyl (C=O) groups is 1. The molecule has 2 aromatic rings. The van der Waals surface area contributed by atoms with Gasteiger partial charge in [0.15, 0.2) is 5.11 Å². The maximum atomic E-state index is 11.0. The highest BCUT2D eigenvalue weighted by atomic mass is 35.5. The Hall–Kier alpha value is -2.31. The average Bonchev–Trinajstić information content (AvgIpc) is 2.49. The van der Waals surface area contributed by atoms with E-state index in [2.05, 4.69) is 16.0 Å². The van der Waals surface area contributed by atoms with Crippen molar-refractivity contribution >= 4 is 51.9 Å². The lowest BCUT2D eigenvalue weighted by atomic mass is 10.2. The van der Waals surface area contributed by atoms with Gasteiger partial charge in [-0.3, -0.25) is 4.79 Å². The summed E-state index contributed by atoms with van der Waals surface area (Å²) in [5, 5.41) is 9.77. The molecule has 0 saturated heterocycles. The van der Waals surface area contributed by atoms with Crippen LogP contribution in [0.3, 0.4) is 0 Å². The van der Waals surface area contributed by atoms with Crippen LogP contribution in [0.1, 0.15) is 6.92 Å². The Bertz CT molecular complexity index is 720. The van der Waals surface area contributed by atoms with Crippen LogP contribution in [-0.4, -0.2) is 18.1 Å². The molecule has 2 aromatic carbocycles. The fraction of sp³-hybridized carbons (Fsp3) is 0.125. The zero-order valence-electron chi connectivity index (χ0n) is 12.6. The first-order chi connectivity index (χ1) is 11.0. The number of halogens is 1. The molecule has 3 N–H and O–H groups in total. The zero-order chi connectivity index (χ0) is 16.8. The summed E-state index contributed by atoms with van der Waals surface area (Å²) in [6.45, 7) is 1.46. The van der Waals surface area contributed by atoms with Crippen molar-refractivity contribution in [2.45, 2.75) is 6.92 Å². The summed E-state index contributed by atoms with van der Waals surface area (Å²) >= 11 is 11.3. The summed E-state index contributed by atoms with van der Waals surface area (Å²) in [5.41, 5.74) is 2.18. The van der Waals surface area contributed by atoms with Crippen LogP contribution in [0.2, 0.25) is 5.02 Å². The highest BCUT2D eigenvalue weighted by Crippen LogP contribution is 2.27. The molecular formula is C16H16ClN3O2S. The second-order valence-corrected chi connectivity index (χ2v) is 5.53. The molecule has 2 rings (SSSR count). The SMILES string of the molecule is COc1ccc(Cl)cc1NC(=S)Nc1ccc(NC(C)=O)cc1. The lowest BCUT2D eigenvalue weighted by Crippen LogP contribution is -2.19. The number of amides is 1. The van der Waals surface area contributed by atoms with Gasteiger partial charge in [0.2, 0.25) is 5.91 Å². The van der Waals surface area contributed by atoms with Gasteiger partial charge in [-0.05, 0) is 54.7 Å². The van der Waals surface area contributed by atoms with E-state index >= 15 is 0 Å². The summed E-state index contributed by atoms with van der Waals surface area (Å²) in [4.78, 5) is 11.0. The van der Waals surface area contributed by atoms with Gasteiger partial charge in [0.1, 0.15) is 5.75 Å². The van der Waals surface area contributed by atoms with Crippen LogP contribution in [0.15, 0.2) is 42.5 Å². The second kappa shape index (κ2) is 7.80. The molecule has 7 heteroatoms. The van der Waals surface area contributed by atoms with Gasteiger partial charge in [-0.2, -0.15) is 0 Å². The Morgan fingerprint density at radius 2 is 1.65 bits per heavy atom. The minimum Gasteiger partial charge on any atom is -0.495 e. The standard InChI is InChI=1S/C16H16ClN3O2S/c1-10(21)18-12-4-6-13(7-5-12)19-16(23)20-14-9-11(17)3-8-15(14)22-2/h3-9H,1-2H3,(H,18,21)(H2,19,20,23). The maximum Gasteiger partial charge on any atom is 0.221 e. The largest absolute Gasteiger partial charge is 0.495 e. The van der Waals surface area contributed by atoms with Crippen molar-refractivity contribution < 1.29 is 9.53 Å². The molecular weight excluding hydrogens is 334 g/mol. The molecule has 0 aliphatic rings. The molecule has 0 unspecified atom stereocenters. The maximum absolute atomic E-state index is 11.0. The van der Waals surface area contributed by atoms with Gasteiger partial charge in [0, 0.05) is 23.3 Å². The lowest BCUT2D eigenvalue weighted by Gasteiger charge is -2.14. The van der Waals surface area contributed by atoms with Crippen LogP contribution in [0.25, 0.3) is 0 Å². The first kappa shape index (κ1) is 17.1. The number of methoxy groups -OCH3 is 1. The van der Waals surface area contributed by atoms with Gasteiger partial charge in [-0.15, -0.1) is 0 Å². The van der Waals surface area contributed by atoms with Gasteiger partial charge < -0.3 is 20.7 Å². The summed E-state index contributed by atoms with van der Waals surface area (Å²) < 4.78 is 5.26. The fourth-order valence-electron chi connectivity index (χ4n) is 1.90. The summed E-state index contributed by atoms with van der Waals surface area (Å²) in [5.74, 6) is 0.524. The number of anilines is 3. The van der Waals surface area contributed by atoms with Gasteiger partial charge in [-0.25, -0.2) is 0 Å². The topological polar surface area (TPSA) is 62.4 Å². The van der Waals surface area contributed by atoms with Gasteiger partial charge >= 0.3 is 0 Å². The Labute approximate surface area is 145 Å². The second-order valence-electron chi connectivity index (χ2n) is 4.68. The molecule has 0 atom stereocenters. The van der Waals surface area contributed by atoms with E-state index in [0.717, 1.165) is 11.4 Å². The monoisotopic (exact) mass is 349 g/mol. The zero-order valence-corrected chi connectivity index (χ0v) is 14.2. The lowest BCUT2D eigenvalue weighted by molar-refractivity contribution is -0.114. The van der Waals surface area contributed by atoms with E-state index in [-0.39, 0.29) is 5.91 Å². The predicted molar refractivity (Wildman–Crippen MR) is 98.6 cm³/mol. The predicted octanol–water partition coefficient (Wildman–Crippen LogP) is 4.12. The summed E-state index contributed by atoms with van der Waals surface area (Å²) in [7, 11) is 1.58. The normalized spacial score (nSPS) is 9.87. The molecule has 1 amide bonds. The van der Waals surface area contributed by atoms with E-state index in [0.29, 0.717) is 21.6 Å². The quantitative estimate of drug-likeness (QED) is 0.725. The number of hydrogen-bond acceptors (Lipinski definition) is 3.